The maximum atomic E-state index is 11.4. The smallest absolute Gasteiger partial charge is 0.306 e. The van der Waals surface area contributed by atoms with E-state index in [1.165, 1.54) is 0 Å². The molecule has 0 aliphatic carbocycles. The summed E-state index contributed by atoms with van der Waals surface area (Å²) >= 11 is 0. The van der Waals surface area contributed by atoms with Crippen LogP contribution in [0.3, 0.4) is 0 Å². The number of rotatable bonds is 8. The second-order valence-electron chi connectivity index (χ2n) is 7.25. The molecule has 2 aromatic carbocycles. The Balaban J connectivity index is 2.07. The van der Waals surface area contributed by atoms with Gasteiger partial charge < -0.3 is 24.1 Å². The molecule has 0 radical (unpaired) electrons. The van der Waals surface area contributed by atoms with Gasteiger partial charge in [-0.1, -0.05) is 12.1 Å². The predicted molar refractivity (Wildman–Crippen MR) is 113 cm³/mol. The van der Waals surface area contributed by atoms with Gasteiger partial charge in [0, 0.05) is 5.56 Å². The second-order valence-corrected chi connectivity index (χ2v) is 7.25. The number of methoxy groups -OCH3 is 4. The molecule has 7 nitrogen and oxygen atoms in total. The monoisotopic (exact) mass is 415 g/mol. The quantitative estimate of drug-likeness (QED) is 0.706. The van der Waals surface area contributed by atoms with Gasteiger partial charge in [0.2, 0.25) is 5.75 Å². The van der Waals surface area contributed by atoms with Crippen LogP contribution in [0.15, 0.2) is 36.4 Å². The van der Waals surface area contributed by atoms with Crippen molar-refractivity contribution in [2.75, 3.05) is 41.5 Å². The summed E-state index contributed by atoms with van der Waals surface area (Å²) in [6.45, 7) is 1.34. The molecule has 1 saturated heterocycles. The van der Waals surface area contributed by atoms with Crippen molar-refractivity contribution >= 4 is 5.97 Å². The van der Waals surface area contributed by atoms with Gasteiger partial charge in [-0.25, -0.2) is 0 Å². The molecular weight excluding hydrogens is 386 g/mol. The molecule has 3 rings (SSSR count). The van der Waals surface area contributed by atoms with Gasteiger partial charge in [-0.05, 0) is 55.8 Å². The van der Waals surface area contributed by atoms with E-state index < -0.39 is 5.97 Å². The fourth-order valence-corrected chi connectivity index (χ4v) is 4.12. The summed E-state index contributed by atoms with van der Waals surface area (Å²) in [7, 11) is 6.43. The van der Waals surface area contributed by atoms with Crippen LogP contribution in [-0.2, 0) is 4.79 Å². The van der Waals surface area contributed by atoms with Crippen LogP contribution in [0.5, 0.6) is 23.0 Å². The highest BCUT2D eigenvalue weighted by Gasteiger charge is 2.33. The molecule has 0 amide bonds. The molecule has 1 aliphatic rings. The molecule has 30 heavy (non-hydrogen) atoms. The molecule has 162 valence electrons. The van der Waals surface area contributed by atoms with Gasteiger partial charge in [0.05, 0.1) is 40.4 Å². The highest BCUT2D eigenvalue weighted by Crippen LogP contribution is 2.46. The van der Waals surface area contributed by atoms with Crippen LogP contribution < -0.4 is 18.9 Å². The van der Waals surface area contributed by atoms with Crippen LogP contribution in [0.25, 0.3) is 0 Å². The minimum atomic E-state index is -0.723. The lowest BCUT2D eigenvalue weighted by Gasteiger charge is -2.37. The van der Waals surface area contributed by atoms with Crippen molar-refractivity contribution in [2.24, 2.45) is 5.92 Å². The summed E-state index contributed by atoms with van der Waals surface area (Å²) in [5.74, 6) is 1.50. The number of aliphatic carboxylic acids is 1. The molecule has 0 bridgehead atoms. The highest BCUT2D eigenvalue weighted by molar-refractivity contribution is 5.70. The Hall–Kier alpha value is -2.93. The molecule has 1 heterocycles. The number of piperidine rings is 1. The normalized spacial score (nSPS) is 16.0. The molecule has 1 N–H and O–H groups in total. The summed E-state index contributed by atoms with van der Waals surface area (Å²) < 4.78 is 22.1. The first kappa shape index (κ1) is 21.8. The Bertz CT molecular complexity index is 859. The van der Waals surface area contributed by atoms with E-state index in [0.717, 1.165) is 16.9 Å². The van der Waals surface area contributed by atoms with Gasteiger partial charge >= 0.3 is 5.97 Å². The van der Waals surface area contributed by atoms with Crippen molar-refractivity contribution in [1.29, 1.82) is 0 Å². The fourth-order valence-electron chi connectivity index (χ4n) is 4.12. The van der Waals surface area contributed by atoms with Crippen molar-refractivity contribution in [3.63, 3.8) is 0 Å². The molecule has 0 saturated carbocycles. The number of hydrogen-bond acceptors (Lipinski definition) is 6. The zero-order valence-corrected chi connectivity index (χ0v) is 17.9. The van der Waals surface area contributed by atoms with E-state index in [4.69, 9.17) is 18.9 Å². The molecule has 0 aromatic heterocycles. The molecule has 1 aliphatic heterocycles. The first-order chi connectivity index (χ1) is 14.5. The van der Waals surface area contributed by atoms with Crippen LogP contribution in [0.1, 0.15) is 30.0 Å². The zero-order chi connectivity index (χ0) is 21.7. The van der Waals surface area contributed by atoms with Gasteiger partial charge in [0.25, 0.3) is 0 Å². The number of likely N-dealkylation sites (tertiary alicyclic amines) is 1. The third-order valence-electron chi connectivity index (χ3n) is 5.70. The molecule has 7 heteroatoms. The SMILES string of the molecule is COc1ccc(C(c2ccc(OC)c(OC)c2OC)N2CCC(C(=O)O)CC2)cc1. The molecule has 1 atom stereocenters. The van der Waals surface area contributed by atoms with Crippen molar-refractivity contribution < 1.29 is 28.8 Å². The largest absolute Gasteiger partial charge is 0.497 e. The summed E-state index contributed by atoms with van der Waals surface area (Å²) in [5, 5.41) is 9.38. The third-order valence-corrected chi connectivity index (χ3v) is 5.70. The predicted octanol–water partition coefficient (Wildman–Crippen LogP) is 3.61. The summed E-state index contributed by atoms with van der Waals surface area (Å²) in [6.07, 6.45) is 1.22. The minimum Gasteiger partial charge on any atom is -0.497 e. The zero-order valence-electron chi connectivity index (χ0n) is 17.9. The Morgan fingerprint density at radius 3 is 2.03 bits per heavy atom. The molecule has 1 unspecified atom stereocenters. The number of hydrogen-bond donors (Lipinski definition) is 1. The lowest BCUT2D eigenvalue weighted by Crippen LogP contribution is -2.39. The first-order valence-corrected chi connectivity index (χ1v) is 9.93. The van der Waals surface area contributed by atoms with Gasteiger partial charge in [-0.15, -0.1) is 0 Å². The van der Waals surface area contributed by atoms with Crippen LogP contribution in [-0.4, -0.2) is 57.5 Å². The van der Waals surface area contributed by atoms with E-state index in [-0.39, 0.29) is 12.0 Å². The second kappa shape index (κ2) is 9.71. The number of carboxylic acids is 1. The van der Waals surface area contributed by atoms with Crippen LogP contribution in [0.4, 0.5) is 0 Å². The summed E-state index contributed by atoms with van der Waals surface area (Å²) in [5.41, 5.74) is 2.00. The number of carbonyl (C=O) groups is 1. The van der Waals surface area contributed by atoms with Crippen molar-refractivity contribution in [3.8, 4) is 23.0 Å². The van der Waals surface area contributed by atoms with Gasteiger partial charge in [0.15, 0.2) is 11.5 Å². The summed E-state index contributed by atoms with van der Waals surface area (Å²) in [4.78, 5) is 13.7. The maximum absolute atomic E-state index is 11.4. The van der Waals surface area contributed by atoms with Crippen molar-refractivity contribution in [2.45, 2.75) is 18.9 Å². The van der Waals surface area contributed by atoms with Crippen molar-refractivity contribution in [3.05, 3.63) is 47.5 Å². The minimum absolute atomic E-state index is 0.125. The van der Waals surface area contributed by atoms with E-state index in [0.29, 0.717) is 43.2 Å². The van der Waals surface area contributed by atoms with E-state index in [1.54, 1.807) is 28.4 Å². The highest BCUT2D eigenvalue weighted by atomic mass is 16.5. The first-order valence-electron chi connectivity index (χ1n) is 9.93. The van der Waals surface area contributed by atoms with Gasteiger partial charge in [0.1, 0.15) is 5.75 Å². The van der Waals surface area contributed by atoms with E-state index in [2.05, 4.69) is 4.90 Å². The average Bonchev–Trinajstić information content (AvgIpc) is 2.79. The van der Waals surface area contributed by atoms with E-state index in [9.17, 15) is 9.90 Å². The standard InChI is InChI=1S/C23H29NO6/c1-27-17-7-5-15(6-8-17)20(24-13-11-16(12-14-24)23(25)26)18-9-10-19(28-2)22(30-4)21(18)29-3/h5-10,16,20H,11-14H2,1-4H3,(H,25,26). The molecule has 0 spiro atoms. The molecule has 1 fully saturated rings. The number of carboxylic acid groups (broad SMARTS) is 1. The fraction of sp³-hybridized carbons (Fsp3) is 0.435. The van der Waals surface area contributed by atoms with Crippen LogP contribution in [0.2, 0.25) is 0 Å². The lowest BCUT2D eigenvalue weighted by atomic mass is 9.90. The Kier molecular flexibility index (Phi) is 7.05. The van der Waals surface area contributed by atoms with Gasteiger partial charge in [-0.2, -0.15) is 0 Å². The number of benzene rings is 2. The van der Waals surface area contributed by atoms with Gasteiger partial charge in [-0.3, -0.25) is 9.69 Å². The Morgan fingerprint density at radius 1 is 0.900 bits per heavy atom. The van der Waals surface area contributed by atoms with Crippen LogP contribution in [0, 0.1) is 5.92 Å². The Labute approximate surface area is 177 Å². The Morgan fingerprint density at radius 2 is 1.53 bits per heavy atom. The summed E-state index contributed by atoms with van der Waals surface area (Å²) in [6, 6.07) is 11.7. The third kappa shape index (κ3) is 4.31. The maximum Gasteiger partial charge on any atom is 0.306 e. The van der Waals surface area contributed by atoms with E-state index in [1.807, 2.05) is 36.4 Å². The topological polar surface area (TPSA) is 77.5 Å². The van der Waals surface area contributed by atoms with Crippen molar-refractivity contribution in [1.82, 2.24) is 4.90 Å². The average molecular weight is 415 g/mol. The van der Waals surface area contributed by atoms with E-state index >= 15 is 0 Å². The lowest BCUT2D eigenvalue weighted by molar-refractivity contribution is -0.143. The molecular formula is C23H29NO6. The number of ether oxygens (including phenoxy) is 4. The molecule has 2 aromatic rings. The number of nitrogens with zero attached hydrogens (tertiary/aromatic N) is 1. The van der Waals surface area contributed by atoms with Crippen LogP contribution >= 0.6 is 0 Å².